The van der Waals surface area contributed by atoms with Crippen molar-refractivity contribution in [2.24, 2.45) is 11.8 Å². The predicted molar refractivity (Wildman–Crippen MR) is 62.5 cm³/mol. The molecule has 0 spiro atoms. The van der Waals surface area contributed by atoms with Crippen LogP contribution in [0.4, 0.5) is 0 Å². The molecule has 1 aliphatic carbocycles. The highest BCUT2D eigenvalue weighted by atomic mass is 16.7. The molecule has 0 unspecified atom stereocenters. The van der Waals surface area contributed by atoms with Crippen molar-refractivity contribution in [2.75, 3.05) is 7.05 Å². The second-order valence-corrected chi connectivity index (χ2v) is 5.88. The lowest BCUT2D eigenvalue weighted by Gasteiger charge is -2.35. The van der Waals surface area contributed by atoms with E-state index in [1.807, 2.05) is 0 Å². The molecule has 2 heteroatoms. The van der Waals surface area contributed by atoms with Crippen LogP contribution in [0.25, 0.3) is 0 Å². The number of fused-ring (bicyclic) bond motifs is 1. The molecule has 0 N–H and O–H groups in total. The molecule has 0 aromatic rings. The van der Waals surface area contributed by atoms with Gasteiger partial charge in [0.2, 0.25) is 0 Å². The monoisotopic (exact) mass is 211 g/mol. The zero-order valence-electron chi connectivity index (χ0n) is 10.6. The van der Waals surface area contributed by atoms with Gasteiger partial charge in [-0.25, -0.2) is 0 Å². The van der Waals surface area contributed by atoms with Crippen molar-refractivity contribution in [1.29, 1.82) is 0 Å². The first-order valence-corrected chi connectivity index (χ1v) is 6.46. The summed E-state index contributed by atoms with van der Waals surface area (Å²) in [6, 6.07) is 0.674. The zero-order valence-corrected chi connectivity index (χ0v) is 10.6. The fourth-order valence-corrected chi connectivity index (χ4v) is 3.60. The maximum absolute atomic E-state index is 5.96. The molecule has 2 fully saturated rings. The molecule has 1 saturated heterocycles. The minimum absolute atomic E-state index is 0.0613. The van der Waals surface area contributed by atoms with Gasteiger partial charge in [-0.3, -0.25) is 4.84 Å². The maximum Gasteiger partial charge on any atom is 0.0887 e. The van der Waals surface area contributed by atoms with Crippen LogP contribution < -0.4 is 0 Å². The van der Waals surface area contributed by atoms with E-state index < -0.39 is 0 Å². The Kier molecular flexibility index (Phi) is 3.09. The van der Waals surface area contributed by atoms with Crippen molar-refractivity contribution < 1.29 is 4.84 Å². The third-order valence-electron chi connectivity index (χ3n) is 4.36. The third kappa shape index (κ3) is 2.07. The van der Waals surface area contributed by atoms with Gasteiger partial charge >= 0.3 is 0 Å². The molecule has 1 aliphatic heterocycles. The molecule has 15 heavy (non-hydrogen) atoms. The second kappa shape index (κ2) is 4.06. The highest BCUT2D eigenvalue weighted by Gasteiger charge is 2.49. The first kappa shape index (κ1) is 11.4. The lowest BCUT2D eigenvalue weighted by Crippen LogP contribution is -2.38. The molecule has 2 rings (SSSR count). The number of hydroxylamine groups is 2. The number of rotatable bonds is 2. The van der Waals surface area contributed by atoms with Crippen LogP contribution in [-0.2, 0) is 4.84 Å². The fourth-order valence-electron chi connectivity index (χ4n) is 3.60. The van der Waals surface area contributed by atoms with Crippen molar-refractivity contribution in [3.05, 3.63) is 0 Å². The maximum atomic E-state index is 5.96. The normalized spacial score (nSPS) is 40.4. The van der Waals surface area contributed by atoms with Crippen molar-refractivity contribution in [2.45, 2.75) is 64.5 Å². The van der Waals surface area contributed by atoms with Gasteiger partial charge in [0.05, 0.1) is 5.60 Å². The second-order valence-electron chi connectivity index (χ2n) is 5.88. The van der Waals surface area contributed by atoms with E-state index in [1.165, 1.54) is 32.1 Å². The molecule has 0 amide bonds. The quantitative estimate of drug-likeness (QED) is 0.695. The van der Waals surface area contributed by atoms with Crippen LogP contribution in [0.3, 0.4) is 0 Å². The Bertz CT molecular complexity index is 227. The van der Waals surface area contributed by atoms with Crippen LogP contribution in [0.5, 0.6) is 0 Å². The van der Waals surface area contributed by atoms with Crippen molar-refractivity contribution in [3.8, 4) is 0 Å². The molecule has 88 valence electrons. The summed E-state index contributed by atoms with van der Waals surface area (Å²) < 4.78 is 0. The molecular formula is C13H25NO. The van der Waals surface area contributed by atoms with Gasteiger partial charge in [0.25, 0.3) is 0 Å². The van der Waals surface area contributed by atoms with Crippen molar-refractivity contribution in [1.82, 2.24) is 5.06 Å². The average Bonchev–Trinajstić information content (AvgIpc) is 2.38. The summed E-state index contributed by atoms with van der Waals surface area (Å²) in [5.41, 5.74) is 0.0613. The molecule has 0 radical (unpaired) electrons. The largest absolute Gasteiger partial charge is 0.293 e. The minimum atomic E-state index is 0.0613. The van der Waals surface area contributed by atoms with Gasteiger partial charge in [-0.05, 0) is 39.0 Å². The van der Waals surface area contributed by atoms with Gasteiger partial charge in [0.1, 0.15) is 0 Å². The summed E-state index contributed by atoms with van der Waals surface area (Å²) >= 11 is 0. The zero-order chi connectivity index (χ0) is 11.1. The summed E-state index contributed by atoms with van der Waals surface area (Å²) in [6.45, 7) is 6.81. The van der Waals surface area contributed by atoms with Crippen LogP contribution in [0.2, 0.25) is 0 Å². The average molecular weight is 211 g/mol. The summed E-state index contributed by atoms with van der Waals surface area (Å²) in [6.07, 6.45) is 6.84. The molecule has 2 aliphatic rings. The molecular weight excluding hydrogens is 186 g/mol. The van der Waals surface area contributed by atoms with Crippen LogP contribution in [-0.4, -0.2) is 23.8 Å². The lowest BCUT2D eigenvalue weighted by molar-refractivity contribution is -0.178. The van der Waals surface area contributed by atoms with E-state index in [-0.39, 0.29) is 5.60 Å². The number of hydrogen-bond donors (Lipinski definition) is 0. The highest BCUT2D eigenvalue weighted by molar-refractivity contribution is 4.96. The van der Waals surface area contributed by atoms with Crippen LogP contribution in [0.15, 0.2) is 0 Å². The first-order valence-electron chi connectivity index (χ1n) is 6.46. The van der Waals surface area contributed by atoms with E-state index in [0.717, 1.165) is 11.8 Å². The van der Waals surface area contributed by atoms with Crippen LogP contribution in [0, 0.1) is 11.8 Å². The molecule has 3 atom stereocenters. The minimum Gasteiger partial charge on any atom is -0.293 e. The van der Waals surface area contributed by atoms with E-state index >= 15 is 0 Å². The predicted octanol–water partition coefficient (Wildman–Crippen LogP) is 3.23. The molecule has 1 saturated carbocycles. The first-order chi connectivity index (χ1) is 7.04. The van der Waals surface area contributed by atoms with E-state index in [0.29, 0.717) is 6.04 Å². The van der Waals surface area contributed by atoms with Crippen LogP contribution in [0.1, 0.15) is 52.9 Å². The van der Waals surface area contributed by atoms with Crippen LogP contribution >= 0.6 is 0 Å². The summed E-state index contributed by atoms with van der Waals surface area (Å²) in [5, 5.41) is 2.12. The van der Waals surface area contributed by atoms with Gasteiger partial charge in [-0.2, -0.15) is 5.06 Å². The van der Waals surface area contributed by atoms with Gasteiger partial charge in [-0.1, -0.05) is 19.8 Å². The molecule has 0 bridgehead atoms. The lowest BCUT2D eigenvalue weighted by atomic mass is 9.71. The highest BCUT2D eigenvalue weighted by Crippen LogP contribution is 2.46. The molecule has 0 aromatic carbocycles. The van der Waals surface area contributed by atoms with E-state index in [9.17, 15) is 0 Å². The SMILES string of the molecule is CCC[C@@H]1CC[C@@H]2[C@@H](C1)C(C)(C)ON2C. The fraction of sp³-hybridized carbons (Fsp3) is 1.00. The Labute approximate surface area is 93.9 Å². The van der Waals surface area contributed by atoms with E-state index in [1.54, 1.807) is 0 Å². The van der Waals surface area contributed by atoms with E-state index in [4.69, 9.17) is 4.84 Å². The van der Waals surface area contributed by atoms with Gasteiger partial charge in [-0.15, -0.1) is 0 Å². The summed E-state index contributed by atoms with van der Waals surface area (Å²) in [7, 11) is 2.10. The smallest absolute Gasteiger partial charge is 0.0887 e. The molecule has 2 nitrogen and oxygen atoms in total. The standard InChI is InChI=1S/C13H25NO/c1-5-6-10-7-8-12-11(9-10)13(2,3)15-14(12)4/h10-12H,5-9H2,1-4H3/t10-,11-,12-/m1/s1. The summed E-state index contributed by atoms with van der Waals surface area (Å²) in [4.78, 5) is 5.96. The number of nitrogens with zero attached hydrogens (tertiary/aromatic N) is 1. The Morgan fingerprint density at radius 3 is 2.73 bits per heavy atom. The summed E-state index contributed by atoms with van der Waals surface area (Å²) in [5.74, 6) is 1.69. The van der Waals surface area contributed by atoms with E-state index in [2.05, 4.69) is 32.9 Å². The Hall–Kier alpha value is -0.0800. The Morgan fingerprint density at radius 2 is 2.07 bits per heavy atom. The number of hydrogen-bond acceptors (Lipinski definition) is 2. The van der Waals surface area contributed by atoms with Crippen molar-refractivity contribution in [3.63, 3.8) is 0 Å². The Balaban J connectivity index is 2.04. The topological polar surface area (TPSA) is 12.5 Å². The van der Waals surface area contributed by atoms with Gasteiger partial charge in [0, 0.05) is 19.0 Å². The van der Waals surface area contributed by atoms with Gasteiger partial charge in [0.15, 0.2) is 0 Å². The van der Waals surface area contributed by atoms with Crippen molar-refractivity contribution >= 4 is 0 Å². The Morgan fingerprint density at radius 1 is 1.33 bits per heavy atom. The molecule has 0 aromatic heterocycles. The molecule has 1 heterocycles. The third-order valence-corrected chi connectivity index (χ3v) is 4.36. The van der Waals surface area contributed by atoms with Gasteiger partial charge < -0.3 is 0 Å².